The number of anilines is 1. The number of halogens is 2. The van der Waals surface area contributed by atoms with E-state index in [1.165, 1.54) is 12.1 Å². The Balaban J connectivity index is 1.99. The molecule has 2 nitrogen and oxygen atoms in total. The molecule has 0 saturated heterocycles. The Morgan fingerprint density at radius 2 is 2.20 bits per heavy atom. The van der Waals surface area contributed by atoms with E-state index < -0.39 is 0 Å². The van der Waals surface area contributed by atoms with Gasteiger partial charge in [-0.1, -0.05) is 11.6 Å². The van der Waals surface area contributed by atoms with E-state index in [1.54, 1.807) is 6.07 Å². The van der Waals surface area contributed by atoms with Crippen LogP contribution in [0.5, 0.6) is 0 Å². The van der Waals surface area contributed by atoms with Crippen molar-refractivity contribution in [1.82, 2.24) is 5.32 Å². The molecule has 80 valence electrons. The zero-order valence-electron chi connectivity index (χ0n) is 7.89. The van der Waals surface area contributed by atoms with Gasteiger partial charge in [0.2, 0.25) is 0 Å². The number of hydrogen-bond donors (Lipinski definition) is 2. The lowest BCUT2D eigenvalue weighted by atomic mass is 10.3. The van der Waals surface area contributed by atoms with Gasteiger partial charge in [-0.15, -0.1) is 0 Å². The van der Waals surface area contributed by atoms with Crippen LogP contribution in [0.2, 0.25) is 5.02 Å². The van der Waals surface area contributed by atoms with Crippen LogP contribution < -0.4 is 10.6 Å². The summed E-state index contributed by atoms with van der Waals surface area (Å²) >= 11 is 10.9. The Morgan fingerprint density at radius 1 is 1.47 bits per heavy atom. The SMILES string of the molecule is Fc1ccc(NC(=S)NC2CC2)c(Cl)c1. The molecular formula is C10H10ClFN2S. The van der Waals surface area contributed by atoms with Crippen molar-refractivity contribution in [2.75, 3.05) is 5.32 Å². The summed E-state index contributed by atoms with van der Waals surface area (Å²) in [7, 11) is 0. The standard InChI is InChI=1S/C10H10ClFN2S/c11-8-5-6(12)1-4-9(8)14-10(15)13-7-2-3-7/h1,4-5,7H,2-3H2,(H2,13,14,15). The average Bonchev–Trinajstić information content (AvgIpc) is 2.94. The molecule has 0 aliphatic heterocycles. The maximum absolute atomic E-state index is 12.7. The number of nitrogens with one attached hydrogen (secondary N) is 2. The molecule has 1 fully saturated rings. The molecule has 0 unspecified atom stereocenters. The van der Waals surface area contributed by atoms with Crippen LogP contribution in [0.15, 0.2) is 18.2 Å². The van der Waals surface area contributed by atoms with Crippen LogP contribution in [0, 0.1) is 5.82 Å². The highest BCUT2D eigenvalue weighted by atomic mass is 35.5. The Bertz CT molecular complexity index is 393. The molecular weight excluding hydrogens is 235 g/mol. The third kappa shape index (κ3) is 3.04. The molecule has 15 heavy (non-hydrogen) atoms. The maximum atomic E-state index is 12.7. The summed E-state index contributed by atoms with van der Waals surface area (Å²) in [4.78, 5) is 0. The number of rotatable bonds is 2. The van der Waals surface area contributed by atoms with E-state index in [4.69, 9.17) is 23.8 Å². The highest BCUT2D eigenvalue weighted by Crippen LogP contribution is 2.23. The van der Waals surface area contributed by atoms with Crippen LogP contribution in [0.25, 0.3) is 0 Å². The highest BCUT2D eigenvalue weighted by Gasteiger charge is 2.21. The Kier molecular flexibility index (Phi) is 3.07. The Morgan fingerprint density at radius 3 is 2.80 bits per heavy atom. The van der Waals surface area contributed by atoms with Crippen molar-refractivity contribution < 1.29 is 4.39 Å². The van der Waals surface area contributed by atoms with Crippen molar-refractivity contribution in [3.63, 3.8) is 0 Å². The predicted molar refractivity (Wildman–Crippen MR) is 63.8 cm³/mol. The summed E-state index contributed by atoms with van der Waals surface area (Å²) in [5.41, 5.74) is 0.621. The fourth-order valence-corrected chi connectivity index (χ4v) is 1.65. The first-order chi connectivity index (χ1) is 7.15. The summed E-state index contributed by atoms with van der Waals surface area (Å²) in [5.74, 6) is -0.355. The first-order valence-corrected chi connectivity index (χ1v) is 5.46. The molecule has 0 atom stereocenters. The van der Waals surface area contributed by atoms with E-state index >= 15 is 0 Å². The van der Waals surface area contributed by atoms with Gasteiger partial charge in [0.05, 0.1) is 10.7 Å². The molecule has 1 aliphatic rings. The third-order valence-electron chi connectivity index (χ3n) is 2.09. The van der Waals surface area contributed by atoms with Gasteiger partial charge < -0.3 is 10.6 Å². The molecule has 1 saturated carbocycles. The maximum Gasteiger partial charge on any atom is 0.171 e. The minimum absolute atomic E-state index is 0.329. The fraction of sp³-hybridized carbons (Fsp3) is 0.300. The monoisotopic (exact) mass is 244 g/mol. The lowest BCUT2D eigenvalue weighted by Crippen LogP contribution is -2.30. The summed E-state index contributed by atoms with van der Waals surface area (Å²) in [6.45, 7) is 0. The highest BCUT2D eigenvalue weighted by molar-refractivity contribution is 7.80. The van der Waals surface area contributed by atoms with Crippen molar-refractivity contribution in [1.29, 1.82) is 0 Å². The van der Waals surface area contributed by atoms with Gasteiger partial charge >= 0.3 is 0 Å². The van der Waals surface area contributed by atoms with Gasteiger partial charge in [-0.05, 0) is 43.3 Å². The Labute approximate surface area is 97.8 Å². The van der Waals surface area contributed by atoms with E-state index in [0.29, 0.717) is 21.9 Å². The second kappa shape index (κ2) is 4.33. The molecule has 0 aromatic heterocycles. The van der Waals surface area contributed by atoms with E-state index in [0.717, 1.165) is 12.8 Å². The quantitative estimate of drug-likeness (QED) is 0.783. The van der Waals surface area contributed by atoms with Gasteiger partial charge in [-0.25, -0.2) is 4.39 Å². The lowest BCUT2D eigenvalue weighted by Gasteiger charge is -2.10. The summed E-state index contributed by atoms with van der Waals surface area (Å²) < 4.78 is 12.7. The zero-order chi connectivity index (χ0) is 10.8. The minimum Gasteiger partial charge on any atom is -0.360 e. The van der Waals surface area contributed by atoms with Gasteiger partial charge in [-0.2, -0.15) is 0 Å². The molecule has 0 radical (unpaired) electrons. The normalized spacial score (nSPS) is 14.8. The van der Waals surface area contributed by atoms with Crippen LogP contribution in [-0.4, -0.2) is 11.2 Å². The molecule has 0 amide bonds. The van der Waals surface area contributed by atoms with E-state index in [-0.39, 0.29) is 5.82 Å². The van der Waals surface area contributed by atoms with Crippen molar-refractivity contribution in [2.45, 2.75) is 18.9 Å². The van der Waals surface area contributed by atoms with Crippen molar-refractivity contribution >= 4 is 34.6 Å². The van der Waals surface area contributed by atoms with E-state index in [2.05, 4.69) is 10.6 Å². The van der Waals surface area contributed by atoms with Crippen molar-refractivity contribution in [3.8, 4) is 0 Å². The zero-order valence-corrected chi connectivity index (χ0v) is 9.46. The van der Waals surface area contributed by atoms with Gasteiger partial charge in [-0.3, -0.25) is 0 Å². The third-order valence-corrected chi connectivity index (χ3v) is 2.62. The van der Waals surface area contributed by atoms with Gasteiger partial charge in [0.15, 0.2) is 5.11 Å². The van der Waals surface area contributed by atoms with Crippen LogP contribution in [0.4, 0.5) is 10.1 Å². The van der Waals surface area contributed by atoms with Gasteiger partial charge in [0.1, 0.15) is 5.82 Å². The molecule has 2 rings (SSSR count). The molecule has 5 heteroatoms. The first-order valence-electron chi connectivity index (χ1n) is 4.68. The topological polar surface area (TPSA) is 24.1 Å². The van der Waals surface area contributed by atoms with Crippen molar-refractivity contribution in [3.05, 3.63) is 29.0 Å². The Hall–Kier alpha value is -0.870. The largest absolute Gasteiger partial charge is 0.360 e. The van der Waals surface area contributed by atoms with Crippen LogP contribution >= 0.6 is 23.8 Å². The molecule has 2 N–H and O–H groups in total. The fourth-order valence-electron chi connectivity index (χ4n) is 1.16. The van der Waals surface area contributed by atoms with Gasteiger partial charge in [0.25, 0.3) is 0 Å². The number of hydrogen-bond acceptors (Lipinski definition) is 1. The molecule has 0 spiro atoms. The van der Waals surface area contributed by atoms with Gasteiger partial charge in [0, 0.05) is 6.04 Å². The van der Waals surface area contributed by atoms with Crippen LogP contribution in [0.1, 0.15) is 12.8 Å². The predicted octanol–water partition coefficient (Wildman–Crippen LogP) is 2.93. The smallest absolute Gasteiger partial charge is 0.171 e. The summed E-state index contributed by atoms with van der Waals surface area (Å²) in [6, 6.07) is 4.65. The summed E-state index contributed by atoms with van der Waals surface area (Å²) in [5, 5.41) is 6.90. The molecule has 0 heterocycles. The molecule has 0 bridgehead atoms. The van der Waals surface area contributed by atoms with E-state index in [9.17, 15) is 4.39 Å². The second-order valence-corrected chi connectivity index (χ2v) is 4.31. The average molecular weight is 245 g/mol. The van der Waals surface area contributed by atoms with Crippen LogP contribution in [0.3, 0.4) is 0 Å². The van der Waals surface area contributed by atoms with E-state index in [1.807, 2.05) is 0 Å². The molecule has 1 aromatic rings. The minimum atomic E-state index is -0.355. The van der Waals surface area contributed by atoms with Crippen LogP contribution in [-0.2, 0) is 0 Å². The number of thiocarbonyl (C=S) groups is 1. The molecule has 1 aromatic carbocycles. The second-order valence-electron chi connectivity index (χ2n) is 3.50. The summed E-state index contributed by atoms with van der Waals surface area (Å²) in [6.07, 6.45) is 2.30. The van der Waals surface area contributed by atoms with Crippen molar-refractivity contribution in [2.24, 2.45) is 0 Å². The first kappa shape index (κ1) is 10.6. The lowest BCUT2D eigenvalue weighted by molar-refractivity contribution is 0.628. The number of benzene rings is 1. The molecule has 1 aliphatic carbocycles.